The van der Waals surface area contributed by atoms with Gasteiger partial charge in [0.2, 0.25) is 0 Å². The summed E-state index contributed by atoms with van der Waals surface area (Å²) in [5, 5.41) is 11.8. The summed E-state index contributed by atoms with van der Waals surface area (Å²) in [5.41, 5.74) is 1.73. The first-order valence-corrected chi connectivity index (χ1v) is 6.09. The first-order chi connectivity index (χ1) is 8.31. The average molecular weight is 250 g/mol. The van der Waals surface area contributed by atoms with Gasteiger partial charge in [-0.1, -0.05) is 0 Å². The van der Waals surface area contributed by atoms with Crippen LogP contribution in [0.25, 0.3) is 5.00 Å². The zero-order valence-electron chi connectivity index (χ0n) is 9.21. The summed E-state index contributed by atoms with van der Waals surface area (Å²) in [6.07, 6.45) is 4.54. The average Bonchev–Trinajstić information content (AvgIpc) is 3.02. The fraction of sp³-hybridized carbons (Fsp3) is 0.400. The first-order valence-electron chi connectivity index (χ1n) is 5.27. The van der Waals surface area contributed by atoms with Gasteiger partial charge in [0.05, 0.1) is 12.7 Å². The minimum atomic E-state index is -0.310. The van der Waals surface area contributed by atoms with Crippen molar-refractivity contribution in [1.29, 1.82) is 0 Å². The molecule has 0 aliphatic heterocycles. The molecule has 2 heterocycles. The summed E-state index contributed by atoms with van der Waals surface area (Å²) in [6, 6.07) is 0. The summed E-state index contributed by atoms with van der Waals surface area (Å²) in [6.45, 7) is 0. The number of nitrogens with zero attached hydrogens (tertiary/aromatic N) is 4. The van der Waals surface area contributed by atoms with Gasteiger partial charge in [0.25, 0.3) is 0 Å². The highest BCUT2D eigenvalue weighted by Crippen LogP contribution is 2.37. The van der Waals surface area contributed by atoms with Crippen molar-refractivity contribution in [3.05, 3.63) is 22.3 Å². The van der Waals surface area contributed by atoms with Crippen LogP contribution in [0.4, 0.5) is 0 Å². The molecule has 0 saturated heterocycles. The van der Waals surface area contributed by atoms with Crippen molar-refractivity contribution in [3.63, 3.8) is 0 Å². The first kappa shape index (κ1) is 10.4. The van der Waals surface area contributed by atoms with Gasteiger partial charge in [0, 0.05) is 4.88 Å². The third-order valence-electron chi connectivity index (χ3n) is 2.85. The lowest BCUT2D eigenvalue weighted by Crippen LogP contribution is -2.07. The van der Waals surface area contributed by atoms with Gasteiger partial charge < -0.3 is 4.74 Å². The lowest BCUT2D eigenvalue weighted by molar-refractivity contribution is 0.0600. The molecule has 0 amide bonds. The van der Waals surface area contributed by atoms with E-state index in [0.29, 0.717) is 5.56 Å². The smallest absolute Gasteiger partial charge is 0.341 e. The van der Waals surface area contributed by atoms with Gasteiger partial charge in [0.1, 0.15) is 11.3 Å². The number of aryl methyl sites for hydroxylation is 1. The standard InChI is InChI=1S/C10H10N4O2S/c1-16-10(15)8-6-3-2-4-7(6)17-9(8)14-5-11-12-13-14/h5H,2-4H2,1H3. The van der Waals surface area contributed by atoms with Crippen LogP contribution in [0.5, 0.6) is 0 Å². The fourth-order valence-electron chi connectivity index (χ4n) is 2.12. The Morgan fingerprint density at radius 3 is 3.12 bits per heavy atom. The maximum absolute atomic E-state index is 11.9. The molecule has 1 aliphatic carbocycles. The fourth-order valence-corrected chi connectivity index (χ4v) is 3.41. The molecular formula is C10H10N4O2S. The van der Waals surface area contributed by atoms with E-state index in [4.69, 9.17) is 4.74 Å². The topological polar surface area (TPSA) is 69.9 Å². The van der Waals surface area contributed by atoms with E-state index in [0.717, 1.165) is 29.8 Å². The summed E-state index contributed by atoms with van der Waals surface area (Å²) < 4.78 is 6.37. The predicted molar refractivity (Wildman–Crippen MR) is 60.4 cm³/mol. The van der Waals surface area contributed by atoms with Crippen molar-refractivity contribution in [1.82, 2.24) is 20.2 Å². The number of carbonyl (C=O) groups excluding carboxylic acids is 1. The molecule has 0 saturated carbocycles. The Labute approximate surface area is 101 Å². The molecule has 6 nitrogen and oxygen atoms in total. The second-order valence-electron chi connectivity index (χ2n) is 3.78. The predicted octanol–water partition coefficient (Wildman–Crippen LogP) is 0.999. The lowest BCUT2D eigenvalue weighted by atomic mass is 10.1. The van der Waals surface area contributed by atoms with Crippen LogP contribution in [0, 0.1) is 0 Å². The molecule has 0 N–H and O–H groups in total. The van der Waals surface area contributed by atoms with Crippen LogP contribution < -0.4 is 0 Å². The number of hydrogen-bond donors (Lipinski definition) is 0. The third kappa shape index (κ3) is 1.54. The maximum Gasteiger partial charge on any atom is 0.341 e. The minimum absolute atomic E-state index is 0.310. The van der Waals surface area contributed by atoms with Gasteiger partial charge in [-0.3, -0.25) is 0 Å². The van der Waals surface area contributed by atoms with Crippen LogP contribution in [-0.4, -0.2) is 33.3 Å². The van der Waals surface area contributed by atoms with E-state index in [-0.39, 0.29) is 5.97 Å². The van der Waals surface area contributed by atoms with Crippen LogP contribution in [0.3, 0.4) is 0 Å². The van der Waals surface area contributed by atoms with E-state index < -0.39 is 0 Å². The van der Waals surface area contributed by atoms with Crippen molar-refractivity contribution in [2.45, 2.75) is 19.3 Å². The number of tetrazole rings is 1. The van der Waals surface area contributed by atoms with Gasteiger partial charge in [-0.15, -0.1) is 16.4 Å². The number of aromatic nitrogens is 4. The monoisotopic (exact) mass is 250 g/mol. The van der Waals surface area contributed by atoms with Gasteiger partial charge in [0.15, 0.2) is 0 Å². The molecule has 0 bridgehead atoms. The highest BCUT2D eigenvalue weighted by atomic mass is 32.1. The Balaban J connectivity index is 2.19. The molecule has 0 spiro atoms. The SMILES string of the molecule is COC(=O)c1c(-n2cnnn2)sc2c1CCC2. The summed E-state index contributed by atoms with van der Waals surface area (Å²) >= 11 is 1.57. The Morgan fingerprint density at radius 2 is 2.41 bits per heavy atom. The molecule has 1 aliphatic rings. The number of esters is 1. The van der Waals surface area contributed by atoms with Crippen molar-refractivity contribution in [3.8, 4) is 5.00 Å². The minimum Gasteiger partial charge on any atom is -0.465 e. The molecule has 17 heavy (non-hydrogen) atoms. The molecule has 0 radical (unpaired) electrons. The van der Waals surface area contributed by atoms with Crippen molar-refractivity contribution in [2.24, 2.45) is 0 Å². The van der Waals surface area contributed by atoms with Gasteiger partial charge in [-0.25, -0.2) is 4.79 Å². The molecule has 7 heteroatoms. The van der Waals surface area contributed by atoms with E-state index in [9.17, 15) is 4.79 Å². The van der Waals surface area contributed by atoms with Crippen LogP contribution in [0.15, 0.2) is 6.33 Å². The van der Waals surface area contributed by atoms with Crippen LogP contribution >= 0.6 is 11.3 Å². The Hall–Kier alpha value is -1.76. The van der Waals surface area contributed by atoms with E-state index >= 15 is 0 Å². The highest BCUT2D eigenvalue weighted by Gasteiger charge is 2.28. The summed E-state index contributed by atoms with van der Waals surface area (Å²) in [7, 11) is 1.39. The van der Waals surface area contributed by atoms with Crippen molar-refractivity contribution >= 4 is 17.3 Å². The van der Waals surface area contributed by atoms with Crippen molar-refractivity contribution in [2.75, 3.05) is 7.11 Å². The number of thiophene rings is 1. The number of rotatable bonds is 2. The molecule has 0 unspecified atom stereocenters. The quantitative estimate of drug-likeness (QED) is 0.744. The maximum atomic E-state index is 11.9. The molecular weight excluding hydrogens is 240 g/mol. The van der Waals surface area contributed by atoms with Crippen LogP contribution in [-0.2, 0) is 17.6 Å². The Kier molecular flexibility index (Phi) is 2.40. The van der Waals surface area contributed by atoms with Crippen molar-refractivity contribution < 1.29 is 9.53 Å². The van der Waals surface area contributed by atoms with E-state index in [1.807, 2.05) is 0 Å². The molecule has 88 valence electrons. The number of fused-ring (bicyclic) bond motifs is 1. The van der Waals surface area contributed by atoms with E-state index in [2.05, 4.69) is 15.5 Å². The molecule has 0 aromatic carbocycles. The Bertz CT molecular complexity index is 561. The van der Waals surface area contributed by atoms with Gasteiger partial charge >= 0.3 is 5.97 Å². The Morgan fingerprint density at radius 1 is 1.53 bits per heavy atom. The second-order valence-corrected chi connectivity index (χ2v) is 4.87. The van der Waals surface area contributed by atoms with Crippen LogP contribution in [0.1, 0.15) is 27.2 Å². The zero-order chi connectivity index (χ0) is 11.8. The van der Waals surface area contributed by atoms with Gasteiger partial charge in [-0.2, -0.15) is 4.68 Å². The van der Waals surface area contributed by atoms with Crippen LogP contribution in [0.2, 0.25) is 0 Å². The lowest BCUT2D eigenvalue weighted by Gasteiger charge is -2.02. The third-order valence-corrected chi connectivity index (χ3v) is 4.13. The summed E-state index contributed by atoms with van der Waals surface area (Å²) in [4.78, 5) is 13.1. The number of carbonyl (C=O) groups is 1. The second kappa shape index (κ2) is 3.92. The molecule has 2 aromatic heterocycles. The number of methoxy groups -OCH3 is 1. The normalized spacial score (nSPS) is 13.7. The summed E-state index contributed by atoms with van der Waals surface area (Å²) in [5.74, 6) is -0.310. The molecule has 2 aromatic rings. The largest absolute Gasteiger partial charge is 0.465 e. The van der Waals surface area contributed by atoms with E-state index in [1.54, 1.807) is 11.3 Å². The number of hydrogen-bond acceptors (Lipinski definition) is 6. The zero-order valence-corrected chi connectivity index (χ0v) is 10.0. The highest BCUT2D eigenvalue weighted by molar-refractivity contribution is 7.15. The molecule has 0 atom stereocenters. The van der Waals surface area contributed by atoms with E-state index in [1.165, 1.54) is 23.0 Å². The molecule has 3 rings (SSSR count). The number of ether oxygens (including phenoxy) is 1. The molecule has 0 fully saturated rings. The van der Waals surface area contributed by atoms with Gasteiger partial charge in [-0.05, 0) is 35.3 Å².